The topological polar surface area (TPSA) is 34.1 Å². The molecule has 0 saturated heterocycles. The van der Waals surface area contributed by atoms with E-state index in [1.165, 1.54) is 0 Å². The molecule has 0 aromatic rings. The summed E-state index contributed by atoms with van der Waals surface area (Å²) in [7, 11) is 0. The van der Waals surface area contributed by atoms with Gasteiger partial charge in [0.1, 0.15) is 11.6 Å². The summed E-state index contributed by atoms with van der Waals surface area (Å²) in [4.78, 5) is 26.1. The van der Waals surface area contributed by atoms with E-state index in [1.807, 2.05) is 0 Å². The predicted molar refractivity (Wildman–Crippen MR) is 58.9 cm³/mol. The first-order valence-corrected chi connectivity index (χ1v) is 7.56. The third kappa shape index (κ3) is 0.293. The summed E-state index contributed by atoms with van der Waals surface area (Å²) in [5.74, 6) is 6.63. The van der Waals surface area contributed by atoms with E-state index in [-0.39, 0.29) is 22.7 Å². The smallest absolute Gasteiger partial charge is 0.145 e. The molecule has 8 bridgehead atoms. The highest BCUT2D eigenvalue weighted by molar-refractivity contribution is 6.14. The molecule has 9 rings (SSSR count). The maximum absolute atomic E-state index is 13.1. The van der Waals surface area contributed by atoms with Gasteiger partial charge < -0.3 is 0 Å². The van der Waals surface area contributed by atoms with E-state index in [1.54, 1.807) is 0 Å². The summed E-state index contributed by atoms with van der Waals surface area (Å²) in [6.07, 6.45) is 4.68. The van der Waals surface area contributed by atoms with Crippen LogP contribution in [0.2, 0.25) is 0 Å². The van der Waals surface area contributed by atoms with Crippen LogP contribution in [-0.4, -0.2) is 11.6 Å². The van der Waals surface area contributed by atoms with Gasteiger partial charge in [-0.2, -0.15) is 0 Å². The van der Waals surface area contributed by atoms with Crippen LogP contribution < -0.4 is 0 Å². The summed E-state index contributed by atoms with van der Waals surface area (Å²) in [6, 6.07) is 0. The second kappa shape index (κ2) is 1.52. The minimum Gasteiger partial charge on any atom is -0.299 e. The van der Waals surface area contributed by atoms with Crippen LogP contribution in [0.1, 0.15) is 0 Å². The minimum absolute atomic E-state index is 0.137. The SMILES string of the molecule is O=C1[C@@H]2[C@@H]3C(=O)[C@@]45[C@@H]6C=C[C@H]7C6C6[C@H]([C@@H]2[C@H]3[C@@H]64)[C@@]175. The number of hydrogen-bond acceptors (Lipinski definition) is 2. The number of hydrogen-bond donors (Lipinski definition) is 0. The third-order valence-electron chi connectivity index (χ3n) is 9.33. The number of ketones is 2. The van der Waals surface area contributed by atoms with Gasteiger partial charge in [-0.25, -0.2) is 0 Å². The molecule has 0 aromatic carbocycles. The van der Waals surface area contributed by atoms with Gasteiger partial charge in [-0.3, -0.25) is 9.59 Å². The Morgan fingerprint density at radius 2 is 1.22 bits per heavy atom. The average molecular weight is 236 g/mol. The molecule has 0 N–H and O–H groups in total. The first-order valence-electron chi connectivity index (χ1n) is 7.56. The molecule has 18 heavy (non-hydrogen) atoms. The molecule has 12 atom stereocenters. The number of fused-ring (bicyclic) bond motifs is 1. The fourth-order valence-electron chi connectivity index (χ4n) is 10.1. The Bertz CT molecular complexity index is 635. The summed E-state index contributed by atoms with van der Waals surface area (Å²) in [5.41, 5.74) is -0.273. The van der Waals surface area contributed by atoms with Crippen LogP contribution in [0.15, 0.2) is 12.2 Å². The fraction of sp³-hybridized carbons (Fsp3) is 0.750. The second-order valence-electron chi connectivity index (χ2n) is 8.32. The van der Waals surface area contributed by atoms with Crippen molar-refractivity contribution in [1.82, 2.24) is 0 Å². The van der Waals surface area contributed by atoms with Gasteiger partial charge in [0.05, 0.1) is 10.8 Å². The zero-order chi connectivity index (χ0) is 11.3. The molecule has 0 aromatic heterocycles. The summed E-state index contributed by atoms with van der Waals surface area (Å²) in [5, 5.41) is 0. The van der Waals surface area contributed by atoms with Crippen molar-refractivity contribution < 1.29 is 9.59 Å². The molecule has 2 nitrogen and oxygen atoms in total. The molecule has 9 aliphatic rings. The zero-order valence-corrected chi connectivity index (χ0v) is 9.74. The van der Waals surface area contributed by atoms with Crippen molar-refractivity contribution in [2.75, 3.05) is 0 Å². The largest absolute Gasteiger partial charge is 0.299 e. The lowest BCUT2D eigenvalue weighted by Gasteiger charge is -2.47. The van der Waals surface area contributed by atoms with E-state index in [4.69, 9.17) is 0 Å². The molecule has 8 fully saturated rings. The molecule has 2 unspecified atom stereocenters. The Balaban J connectivity index is 1.72. The van der Waals surface area contributed by atoms with Gasteiger partial charge in [-0.05, 0) is 47.3 Å². The lowest BCUT2D eigenvalue weighted by Crippen LogP contribution is -2.57. The fourth-order valence-corrected chi connectivity index (χ4v) is 10.1. The highest BCUT2D eigenvalue weighted by atomic mass is 16.2. The Kier molecular flexibility index (Phi) is 0.642. The quantitative estimate of drug-likeness (QED) is 0.586. The van der Waals surface area contributed by atoms with Crippen LogP contribution in [0.5, 0.6) is 0 Å². The van der Waals surface area contributed by atoms with Gasteiger partial charge in [0, 0.05) is 11.8 Å². The van der Waals surface area contributed by atoms with Crippen molar-refractivity contribution in [3.05, 3.63) is 12.2 Å². The lowest BCUT2D eigenvalue weighted by molar-refractivity contribution is -0.157. The van der Waals surface area contributed by atoms with E-state index in [0.717, 1.165) is 5.92 Å². The molecule has 2 heteroatoms. The van der Waals surface area contributed by atoms with Crippen molar-refractivity contribution >= 4 is 11.6 Å². The van der Waals surface area contributed by atoms with Gasteiger partial charge in [-0.15, -0.1) is 0 Å². The Hall–Kier alpha value is -0.920. The maximum Gasteiger partial charge on any atom is 0.145 e. The molecule has 88 valence electrons. The van der Waals surface area contributed by atoms with Crippen LogP contribution in [0.3, 0.4) is 0 Å². The van der Waals surface area contributed by atoms with Crippen LogP contribution in [0, 0.1) is 70.0 Å². The van der Waals surface area contributed by atoms with E-state index in [2.05, 4.69) is 12.2 Å². The highest BCUT2D eigenvalue weighted by Crippen LogP contribution is 3.02. The third-order valence-corrected chi connectivity index (χ3v) is 9.33. The molecular weight excluding hydrogens is 224 g/mol. The van der Waals surface area contributed by atoms with E-state index in [9.17, 15) is 9.59 Å². The number of allylic oxidation sites excluding steroid dienone is 2. The molecule has 0 heterocycles. The average Bonchev–Trinajstić information content (AvgIpc) is 3.06. The van der Waals surface area contributed by atoms with Crippen LogP contribution in [-0.2, 0) is 9.59 Å². The monoisotopic (exact) mass is 236 g/mol. The van der Waals surface area contributed by atoms with E-state index in [0.29, 0.717) is 53.0 Å². The normalized spacial score (nSPS) is 87.3. The molecular formula is C16H12O2. The Morgan fingerprint density at radius 1 is 0.722 bits per heavy atom. The van der Waals surface area contributed by atoms with E-state index < -0.39 is 0 Å². The molecule has 0 radical (unpaired) electrons. The van der Waals surface area contributed by atoms with Crippen molar-refractivity contribution in [2.24, 2.45) is 70.0 Å². The van der Waals surface area contributed by atoms with Crippen LogP contribution >= 0.6 is 0 Å². The lowest BCUT2D eigenvalue weighted by atomic mass is 9.52. The molecule has 0 amide bonds. The standard InChI is InChI=1S/C16H12O2/c17-13-8-6-7-9(8)14(18)16-4-2-1-3-5(4)10(12(7)16)11(6)15(3,13)16/h1-12H/t3-,4+,5?,6-,7-,8-,9+,10?,11+,12+,15-,16-/m1/s1. The molecule has 8 saturated carbocycles. The Labute approximate surface area is 104 Å². The molecule has 0 aliphatic heterocycles. The predicted octanol–water partition coefficient (Wildman–Crippen LogP) is 0.924. The van der Waals surface area contributed by atoms with E-state index >= 15 is 0 Å². The Morgan fingerprint density at radius 3 is 1.72 bits per heavy atom. The van der Waals surface area contributed by atoms with Gasteiger partial charge in [-0.1, -0.05) is 12.2 Å². The summed E-state index contributed by atoms with van der Waals surface area (Å²) >= 11 is 0. The zero-order valence-electron chi connectivity index (χ0n) is 9.74. The number of carbonyl (C=O) groups is 2. The first-order chi connectivity index (χ1) is 8.79. The van der Waals surface area contributed by atoms with Gasteiger partial charge in [0.15, 0.2) is 0 Å². The van der Waals surface area contributed by atoms with Crippen molar-refractivity contribution in [2.45, 2.75) is 0 Å². The molecule has 9 aliphatic carbocycles. The van der Waals surface area contributed by atoms with Gasteiger partial charge in [0.25, 0.3) is 0 Å². The first kappa shape index (κ1) is 7.62. The maximum atomic E-state index is 13.1. The molecule has 2 spiro atoms. The van der Waals surface area contributed by atoms with Gasteiger partial charge >= 0.3 is 0 Å². The minimum atomic E-state index is -0.137. The highest BCUT2D eigenvalue weighted by Gasteiger charge is 3.06. The second-order valence-corrected chi connectivity index (χ2v) is 8.32. The number of carbonyl (C=O) groups excluding carboxylic acids is 2. The van der Waals surface area contributed by atoms with Gasteiger partial charge in [0.2, 0.25) is 0 Å². The number of rotatable bonds is 0. The van der Waals surface area contributed by atoms with Crippen LogP contribution in [0.4, 0.5) is 0 Å². The number of Topliss-reactive ketones (excluding diaryl/α,β-unsaturated/α-hetero) is 2. The van der Waals surface area contributed by atoms with Crippen LogP contribution in [0.25, 0.3) is 0 Å². The van der Waals surface area contributed by atoms with Crippen molar-refractivity contribution in [3.8, 4) is 0 Å². The summed E-state index contributed by atoms with van der Waals surface area (Å²) < 4.78 is 0. The van der Waals surface area contributed by atoms with Crippen molar-refractivity contribution in [3.63, 3.8) is 0 Å². The van der Waals surface area contributed by atoms with Crippen molar-refractivity contribution in [1.29, 1.82) is 0 Å². The summed E-state index contributed by atoms with van der Waals surface area (Å²) in [6.45, 7) is 0.